The maximum atomic E-state index is 13.8. The number of Topliss-reactive ketones (excluding diaryl/α,β-unsaturated/α-hetero) is 1. The van der Waals surface area contributed by atoms with Crippen LogP contribution < -0.4 is 0 Å². The standard InChI is InChI=1S/C17H16ClFO2/c1-2-21-17(12-7-4-3-5-8-12)16(20)11-13-14(18)9-6-10-15(13)19/h3-10,17H,2,11H2,1H3. The van der Waals surface area contributed by atoms with Crippen molar-refractivity contribution in [2.45, 2.75) is 19.4 Å². The second-order valence-electron chi connectivity index (χ2n) is 4.59. The van der Waals surface area contributed by atoms with Crippen LogP contribution in [0.15, 0.2) is 48.5 Å². The van der Waals surface area contributed by atoms with Crippen LogP contribution >= 0.6 is 11.6 Å². The van der Waals surface area contributed by atoms with Crippen LogP contribution in [0.2, 0.25) is 5.02 Å². The average molecular weight is 307 g/mol. The molecule has 2 aromatic rings. The minimum absolute atomic E-state index is 0.0922. The van der Waals surface area contributed by atoms with Gasteiger partial charge in [0, 0.05) is 23.6 Å². The lowest BCUT2D eigenvalue weighted by molar-refractivity contribution is -0.130. The summed E-state index contributed by atoms with van der Waals surface area (Å²) in [5.41, 5.74) is 0.974. The molecule has 4 heteroatoms. The van der Waals surface area contributed by atoms with Crippen molar-refractivity contribution in [1.82, 2.24) is 0 Å². The molecule has 0 heterocycles. The Kier molecular flexibility index (Phi) is 5.48. The fourth-order valence-electron chi connectivity index (χ4n) is 2.14. The van der Waals surface area contributed by atoms with E-state index in [-0.39, 0.29) is 22.8 Å². The first-order valence-corrected chi connectivity index (χ1v) is 7.13. The summed E-state index contributed by atoms with van der Waals surface area (Å²) < 4.78 is 19.3. The maximum Gasteiger partial charge on any atom is 0.170 e. The van der Waals surface area contributed by atoms with Crippen molar-refractivity contribution in [3.63, 3.8) is 0 Å². The average Bonchev–Trinajstić information content (AvgIpc) is 2.49. The van der Waals surface area contributed by atoms with E-state index in [0.29, 0.717) is 6.61 Å². The van der Waals surface area contributed by atoms with Gasteiger partial charge < -0.3 is 4.74 Å². The molecule has 0 N–H and O–H groups in total. The number of ether oxygens (including phenoxy) is 1. The van der Waals surface area contributed by atoms with E-state index in [4.69, 9.17) is 16.3 Å². The van der Waals surface area contributed by atoms with E-state index in [1.54, 1.807) is 6.07 Å². The monoisotopic (exact) mass is 306 g/mol. The Bertz CT molecular complexity index is 593. The van der Waals surface area contributed by atoms with E-state index in [1.807, 2.05) is 37.3 Å². The third-order valence-electron chi connectivity index (χ3n) is 3.14. The maximum absolute atomic E-state index is 13.8. The van der Waals surface area contributed by atoms with Gasteiger partial charge in [0.15, 0.2) is 5.78 Å². The molecule has 110 valence electrons. The van der Waals surface area contributed by atoms with Gasteiger partial charge in [-0.05, 0) is 24.6 Å². The molecule has 0 aliphatic rings. The Morgan fingerprint density at radius 1 is 1.19 bits per heavy atom. The highest BCUT2D eigenvalue weighted by atomic mass is 35.5. The zero-order valence-corrected chi connectivity index (χ0v) is 12.4. The second kappa shape index (κ2) is 7.34. The molecule has 0 saturated heterocycles. The molecule has 1 unspecified atom stereocenters. The van der Waals surface area contributed by atoms with Gasteiger partial charge in [-0.25, -0.2) is 4.39 Å². The summed E-state index contributed by atoms with van der Waals surface area (Å²) in [6, 6.07) is 13.6. The number of hydrogen-bond acceptors (Lipinski definition) is 2. The number of carbonyl (C=O) groups is 1. The highest BCUT2D eigenvalue weighted by molar-refractivity contribution is 6.31. The molecule has 2 aromatic carbocycles. The van der Waals surface area contributed by atoms with Crippen molar-refractivity contribution in [3.05, 3.63) is 70.5 Å². The molecule has 0 aliphatic heterocycles. The SMILES string of the molecule is CCOC(C(=O)Cc1c(F)cccc1Cl)c1ccccc1. The molecular weight excluding hydrogens is 291 g/mol. The van der Waals surface area contributed by atoms with Crippen LogP contribution in [0.1, 0.15) is 24.2 Å². The summed E-state index contributed by atoms with van der Waals surface area (Å²) in [6.45, 7) is 2.22. The van der Waals surface area contributed by atoms with E-state index in [1.165, 1.54) is 12.1 Å². The van der Waals surface area contributed by atoms with Crippen molar-refractivity contribution in [3.8, 4) is 0 Å². The number of carbonyl (C=O) groups excluding carboxylic acids is 1. The fourth-order valence-corrected chi connectivity index (χ4v) is 2.37. The van der Waals surface area contributed by atoms with E-state index in [0.717, 1.165) is 5.56 Å². The molecule has 0 saturated carbocycles. The van der Waals surface area contributed by atoms with Crippen LogP contribution in [-0.2, 0) is 16.0 Å². The van der Waals surface area contributed by atoms with Gasteiger partial charge in [-0.3, -0.25) is 4.79 Å². The number of benzene rings is 2. The Balaban J connectivity index is 2.24. The van der Waals surface area contributed by atoms with Gasteiger partial charge in [-0.2, -0.15) is 0 Å². The number of rotatable bonds is 6. The number of ketones is 1. The summed E-state index contributed by atoms with van der Waals surface area (Å²) >= 11 is 5.97. The zero-order valence-electron chi connectivity index (χ0n) is 11.7. The van der Waals surface area contributed by atoms with Crippen LogP contribution in [0.5, 0.6) is 0 Å². The van der Waals surface area contributed by atoms with Gasteiger partial charge in [0.05, 0.1) is 0 Å². The van der Waals surface area contributed by atoms with Gasteiger partial charge in [0.25, 0.3) is 0 Å². The molecule has 0 aliphatic carbocycles. The van der Waals surface area contributed by atoms with Gasteiger partial charge in [-0.15, -0.1) is 0 Å². The summed E-state index contributed by atoms with van der Waals surface area (Å²) in [4.78, 5) is 12.5. The molecule has 0 aromatic heterocycles. The van der Waals surface area contributed by atoms with Crippen molar-refractivity contribution < 1.29 is 13.9 Å². The lowest BCUT2D eigenvalue weighted by Gasteiger charge is -2.17. The van der Waals surface area contributed by atoms with Crippen LogP contribution in [0.25, 0.3) is 0 Å². The molecule has 0 spiro atoms. The van der Waals surface area contributed by atoms with E-state index < -0.39 is 11.9 Å². The normalized spacial score (nSPS) is 12.1. The quantitative estimate of drug-likeness (QED) is 0.792. The molecule has 0 amide bonds. The van der Waals surface area contributed by atoms with Gasteiger partial charge in [-0.1, -0.05) is 48.0 Å². The molecule has 2 rings (SSSR count). The highest BCUT2D eigenvalue weighted by Crippen LogP contribution is 2.24. The third kappa shape index (κ3) is 3.90. The summed E-state index contributed by atoms with van der Waals surface area (Å²) in [5.74, 6) is -0.686. The van der Waals surface area contributed by atoms with Crippen LogP contribution in [0.4, 0.5) is 4.39 Å². The van der Waals surface area contributed by atoms with Gasteiger partial charge in [0.2, 0.25) is 0 Å². The number of halogens is 2. The molecule has 0 radical (unpaired) electrons. The smallest absolute Gasteiger partial charge is 0.170 e. The number of hydrogen-bond donors (Lipinski definition) is 0. The molecular formula is C17H16ClFO2. The zero-order chi connectivity index (χ0) is 15.2. The Morgan fingerprint density at radius 2 is 1.90 bits per heavy atom. The Labute approximate surface area is 128 Å². The first-order valence-electron chi connectivity index (χ1n) is 6.75. The van der Waals surface area contributed by atoms with Crippen LogP contribution in [0, 0.1) is 5.82 Å². The largest absolute Gasteiger partial charge is 0.366 e. The van der Waals surface area contributed by atoms with E-state index in [2.05, 4.69) is 0 Å². The summed E-state index contributed by atoms with van der Waals surface area (Å²) in [6.07, 6.45) is -0.794. The minimum Gasteiger partial charge on any atom is -0.366 e. The first-order chi connectivity index (χ1) is 10.1. The van der Waals surface area contributed by atoms with Crippen LogP contribution in [-0.4, -0.2) is 12.4 Å². The Morgan fingerprint density at radius 3 is 2.52 bits per heavy atom. The third-order valence-corrected chi connectivity index (χ3v) is 3.49. The summed E-state index contributed by atoms with van der Waals surface area (Å²) in [7, 11) is 0. The van der Waals surface area contributed by atoms with Crippen molar-refractivity contribution in [1.29, 1.82) is 0 Å². The predicted octanol–water partition coefficient (Wildman–Crippen LogP) is 4.37. The van der Waals surface area contributed by atoms with Crippen LogP contribution in [0.3, 0.4) is 0 Å². The molecule has 21 heavy (non-hydrogen) atoms. The molecule has 1 atom stereocenters. The van der Waals surface area contributed by atoms with Crippen molar-refractivity contribution in [2.24, 2.45) is 0 Å². The first kappa shape index (κ1) is 15.7. The van der Waals surface area contributed by atoms with E-state index >= 15 is 0 Å². The highest BCUT2D eigenvalue weighted by Gasteiger charge is 2.23. The molecule has 0 fully saturated rings. The fraction of sp³-hybridized carbons (Fsp3) is 0.235. The van der Waals surface area contributed by atoms with Gasteiger partial charge in [0.1, 0.15) is 11.9 Å². The van der Waals surface area contributed by atoms with Crippen molar-refractivity contribution >= 4 is 17.4 Å². The van der Waals surface area contributed by atoms with E-state index in [9.17, 15) is 9.18 Å². The molecule has 2 nitrogen and oxygen atoms in total. The Hall–Kier alpha value is -1.71. The van der Waals surface area contributed by atoms with Crippen molar-refractivity contribution in [2.75, 3.05) is 6.61 Å². The van der Waals surface area contributed by atoms with Gasteiger partial charge >= 0.3 is 0 Å². The second-order valence-corrected chi connectivity index (χ2v) is 5.00. The summed E-state index contributed by atoms with van der Waals surface area (Å²) in [5, 5.41) is 0.256. The topological polar surface area (TPSA) is 26.3 Å². The predicted molar refractivity (Wildman–Crippen MR) is 80.9 cm³/mol. The lowest BCUT2D eigenvalue weighted by atomic mass is 9.99. The molecule has 0 bridgehead atoms. The minimum atomic E-state index is -0.702. The lowest BCUT2D eigenvalue weighted by Crippen LogP contribution is -2.19.